The topological polar surface area (TPSA) is 76.2 Å². The van der Waals surface area contributed by atoms with E-state index in [2.05, 4.69) is 29.3 Å². The molecule has 0 saturated heterocycles. The zero-order valence-corrected chi connectivity index (χ0v) is 11.2. The van der Waals surface area contributed by atoms with Gasteiger partial charge in [-0.25, -0.2) is 0 Å². The van der Waals surface area contributed by atoms with Crippen LogP contribution >= 0.6 is 0 Å². The molecule has 0 aliphatic carbocycles. The van der Waals surface area contributed by atoms with Crippen LogP contribution in [0.5, 0.6) is 0 Å². The fourth-order valence-electron chi connectivity index (χ4n) is 2.20. The van der Waals surface area contributed by atoms with E-state index in [0.29, 0.717) is 12.3 Å². The second-order valence-corrected chi connectivity index (χ2v) is 4.71. The lowest BCUT2D eigenvalue weighted by atomic mass is 9.97. The minimum Gasteiger partial charge on any atom is -0.481 e. The first-order valence-electron chi connectivity index (χ1n) is 6.05. The van der Waals surface area contributed by atoms with Crippen LogP contribution in [0.1, 0.15) is 34.0 Å². The first-order valence-corrected chi connectivity index (χ1v) is 6.05. The molecule has 5 heteroatoms. The van der Waals surface area contributed by atoms with Crippen LogP contribution < -0.4 is 0 Å². The van der Waals surface area contributed by atoms with Gasteiger partial charge in [0.25, 0.3) is 0 Å². The fraction of sp³-hybridized carbons (Fsp3) is 0.357. The average Bonchev–Trinajstić information content (AvgIpc) is 2.70. The van der Waals surface area contributed by atoms with Crippen molar-refractivity contribution in [2.45, 2.75) is 33.6 Å². The molecule has 1 aromatic carbocycles. The molecule has 2 rings (SSSR count). The normalized spacial score (nSPS) is 10.7. The van der Waals surface area contributed by atoms with Crippen molar-refractivity contribution in [3.8, 4) is 0 Å². The van der Waals surface area contributed by atoms with E-state index in [-0.39, 0.29) is 12.3 Å². The maximum absolute atomic E-state index is 10.6. The third kappa shape index (κ3) is 3.19. The van der Waals surface area contributed by atoms with Gasteiger partial charge >= 0.3 is 5.97 Å². The molecule has 1 N–H and O–H groups in total. The molecule has 0 amide bonds. The second kappa shape index (κ2) is 5.22. The van der Waals surface area contributed by atoms with Gasteiger partial charge in [-0.3, -0.25) is 4.79 Å². The number of aromatic nitrogens is 2. The second-order valence-electron chi connectivity index (χ2n) is 4.71. The minimum atomic E-state index is -0.974. The molecule has 2 aromatic rings. The summed E-state index contributed by atoms with van der Waals surface area (Å²) in [5.41, 5.74) is 4.72. The van der Waals surface area contributed by atoms with Crippen LogP contribution in [-0.4, -0.2) is 21.3 Å². The summed E-state index contributed by atoms with van der Waals surface area (Å²) in [6, 6.07) is 4.22. The Morgan fingerprint density at radius 3 is 2.32 bits per heavy atom. The van der Waals surface area contributed by atoms with E-state index in [4.69, 9.17) is 9.52 Å². The molecule has 0 bridgehead atoms. The monoisotopic (exact) mass is 260 g/mol. The predicted molar refractivity (Wildman–Crippen MR) is 69.1 cm³/mol. The van der Waals surface area contributed by atoms with Gasteiger partial charge in [-0.2, -0.15) is 0 Å². The van der Waals surface area contributed by atoms with Crippen molar-refractivity contribution in [2.75, 3.05) is 0 Å². The maximum atomic E-state index is 10.6. The first-order chi connectivity index (χ1) is 8.95. The van der Waals surface area contributed by atoms with Gasteiger partial charge in [0.05, 0.1) is 6.42 Å². The highest BCUT2D eigenvalue weighted by molar-refractivity contribution is 5.68. The van der Waals surface area contributed by atoms with Crippen LogP contribution in [0.2, 0.25) is 0 Å². The van der Waals surface area contributed by atoms with Gasteiger partial charge in [-0.05, 0) is 37.5 Å². The molecule has 5 nitrogen and oxygen atoms in total. The largest absolute Gasteiger partial charge is 0.481 e. The molecule has 0 radical (unpaired) electrons. The van der Waals surface area contributed by atoms with Crippen molar-refractivity contribution in [3.63, 3.8) is 0 Å². The van der Waals surface area contributed by atoms with E-state index in [1.54, 1.807) is 0 Å². The van der Waals surface area contributed by atoms with Crippen molar-refractivity contribution in [2.24, 2.45) is 0 Å². The smallest absolute Gasteiger partial charge is 0.312 e. The molecule has 0 aliphatic heterocycles. The Labute approximate surface area is 111 Å². The standard InChI is InChI=1S/C14H16N2O3/c1-8-4-9(2)11(10(3)5-8)6-12-15-16-13(19-12)7-14(17)18/h4-5H,6-7H2,1-3H3,(H,17,18). The van der Waals surface area contributed by atoms with Gasteiger partial charge < -0.3 is 9.52 Å². The Morgan fingerprint density at radius 2 is 1.74 bits per heavy atom. The molecule has 1 heterocycles. The van der Waals surface area contributed by atoms with E-state index in [9.17, 15) is 4.79 Å². The van der Waals surface area contributed by atoms with Crippen molar-refractivity contribution in [1.29, 1.82) is 0 Å². The SMILES string of the molecule is Cc1cc(C)c(Cc2nnc(CC(=O)O)o2)c(C)c1. The Hall–Kier alpha value is -2.17. The number of carboxylic acids is 1. The van der Waals surface area contributed by atoms with Crippen molar-refractivity contribution in [3.05, 3.63) is 46.2 Å². The van der Waals surface area contributed by atoms with E-state index >= 15 is 0 Å². The third-order valence-corrected chi connectivity index (χ3v) is 2.98. The summed E-state index contributed by atoms with van der Waals surface area (Å²) in [5, 5.41) is 16.3. The summed E-state index contributed by atoms with van der Waals surface area (Å²) in [6.07, 6.45) is 0.295. The molecule has 0 fully saturated rings. The van der Waals surface area contributed by atoms with Gasteiger partial charge in [0.15, 0.2) is 0 Å². The average molecular weight is 260 g/mol. The summed E-state index contributed by atoms with van der Waals surface area (Å²) >= 11 is 0. The number of carboxylic acid groups (broad SMARTS) is 1. The summed E-state index contributed by atoms with van der Waals surface area (Å²) in [7, 11) is 0. The first kappa shape index (κ1) is 13.3. The molecule has 0 aliphatic rings. The van der Waals surface area contributed by atoms with Crippen LogP contribution in [0, 0.1) is 20.8 Å². The Bertz CT molecular complexity index is 594. The van der Waals surface area contributed by atoms with E-state index in [1.807, 2.05) is 13.8 Å². The van der Waals surface area contributed by atoms with Gasteiger partial charge in [0, 0.05) is 0 Å². The van der Waals surface area contributed by atoms with Crippen molar-refractivity contribution in [1.82, 2.24) is 10.2 Å². The van der Waals surface area contributed by atoms with Crippen LogP contribution in [0.25, 0.3) is 0 Å². The van der Waals surface area contributed by atoms with Crippen LogP contribution in [0.3, 0.4) is 0 Å². The lowest BCUT2D eigenvalue weighted by Gasteiger charge is -2.09. The Kier molecular flexibility index (Phi) is 3.64. The van der Waals surface area contributed by atoms with Crippen molar-refractivity contribution >= 4 is 5.97 Å². The fourth-order valence-corrected chi connectivity index (χ4v) is 2.20. The van der Waals surface area contributed by atoms with Gasteiger partial charge in [-0.15, -0.1) is 10.2 Å². The predicted octanol–water partition coefficient (Wildman–Crippen LogP) is 2.21. The molecular weight excluding hydrogens is 244 g/mol. The van der Waals surface area contributed by atoms with E-state index in [1.165, 1.54) is 16.7 Å². The number of rotatable bonds is 4. The minimum absolute atomic E-state index is 0.143. The number of nitrogens with zero attached hydrogens (tertiary/aromatic N) is 2. The summed E-state index contributed by atoms with van der Waals surface area (Å²) < 4.78 is 5.34. The number of carbonyl (C=O) groups is 1. The Balaban J connectivity index is 2.22. The third-order valence-electron chi connectivity index (χ3n) is 2.98. The summed E-state index contributed by atoms with van der Waals surface area (Å²) in [4.78, 5) is 10.6. The molecule has 0 atom stereocenters. The zero-order chi connectivity index (χ0) is 14.0. The summed E-state index contributed by atoms with van der Waals surface area (Å²) in [6.45, 7) is 6.15. The molecular formula is C14H16N2O3. The van der Waals surface area contributed by atoms with Gasteiger partial charge in [-0.1, -0.05) is 17.7 Å². The van der Waals surface area contributed by atoms with Crippen LogP contribution in [-0.2, 0) is 17.6 Å². The molecule has 100 valence electrons. The van der Waals surface area contributed by atoms with Gasteiger partial charge in [0.1, 0.15) is 6.42 Å². The van der Waals surface area contributed by atoms with Crippen LogP contribution in [0.4, 0.5) is 0 Å². The quantitative estimate of drug-likeness (QED) is 0.912. The van der Waals surface area contributed by atoms with Crippen LogP contribution in [0.15, 0.2) is 16.5 Å². The molecule has 19 heavy (non-hydrogen) atoms. The van der Waals surface area contributed by atoms with E-state index < -0.39 is 5.97 Å². The van der Waals surface area contributed by atoms with Gasteiger partial charge in [0.2, 0.25) is 11.8 Å². The van der Waals surface area contributed by atoms with Crippen molar-refractivity contribution < 1.29 is 14.3 Å². The highest BCUT2D eigenvalue weighted by Crippen LogP contribution is 2.19. The Morgan fingerprint density at radius 1 is 1.16 bits per heavy atom. The lowest BCUT2D eigenvalue weighted by Crippen LogP contribution is -1.99. The number of aryl methyl sites for hydroxylation is 3. The summed E-state index contributed by atoms with van der Waals surface area (Å²) in [5.74, 6) is -0.380. The zero-order valence-electron chi connectivity index (χ0n) is 11.2. The highest BCUT2D eigenvalue weighted by Gasteiger charge is 2.12. The molecule has 0 saturated carbocycles. The number of benzene rings is 1. The maximum Gasteiger partial charge on any atom is 0.312 e. The highest BCUT2D eigenvalue weighted by atomic mass is 16.4. The number of hydrogen-bond donors (Lipinski definition) is 1. The molecule has 0 spiro atoms. The molecule has 0 unspecified atom stereocenters. The number of hydrogen-bond acceptors (Lipinski definition) is 4. The van der Waals surface area contributed by atoms with E-state index in [0.717, 1.165) is 5.56 Å². The molecule has 1 aromatic heterocycles. The number of aliphatic carboxylic acids is 1. The lowest BCUT2D eigenvalue weighted by molar-refractivity contribution is -0.136.